The molecule has 0 spiro atoms. The minimum Gasteiger partial charge on any atom is -0.399 e. The number of hydrogen-bond donors (Lipinski definition) is 1. The van der Waals surface area contributed by atoms with Crippen LogP contribution in [0, 0.1) is 5.92 Å². The zero-order valence-corrected chi connectivity index (χ0v) is 13.1. The Morgan fingerprint density at radius 3 is 2.71 bits per heavy atom. The van der Waals surface area contributed by atoms with Crippen molar-refractivity contribution in [3.05, 3.63) is 24.3 Å². The highest BCUT2D eigenvalue weighted by Crippen LogP contribution is 2.20. The minimum atomic E-state index is 0.0872. The predicted octanol–water partition coefficient (Wildman–Crippen LogP) is 1.59. The van der Waals surface area contributed by atoms with E-state index in [2.05, 4.69) is 11.8 Å². The first-order valence-electron chi connectivity index (χ1n) is 7.38. The number of nitrogens with two attached hydrogens (primary N) is 1. The van der Waals surface area contributed by atoms with Gasteiger partial charge in [0, 0.05) is 32.1 Å². The molecular formula is C16H25N3O2. The fourth-order valence-corrected chi connectivity index (χ4v) is 2.69. The molecule has 0 radical (unpaired) electrons. The quantitative estimate of drug-likeness (QED) is 0.856. The third-order valence-electron chi connectivity index (χ3n) is 4.29. The van der Waals surface area contributed by atoms with Gasteiger partial charge in [0.15, 0.2) is 0 Å². The van der Waals surface area contributed by atoms with Crippen molar-refractivity contribution in [3.63, 3.8) is 0 Å². The van der Waals surface area contributed by atoms with Crippen molar-refractivity contribution in [2.45, 2.75) is 19.4 Å². The van der Waals surface area contributed by atoms with Crippen molar-refractivity contribution >= 4 is 17.3 Å². The van der Waals surface area contributed by atoms with E-state index in [9.17, 15) is 4.79 Å². The van der Waals surface area contributed by atoms with Crippen molar-refractivity contribution in [2.24, 2.45) is 5.92 Å². The van der Waals surface area contributed by atoms with Gasteiger partial charge in [-0.15, -0.1) is 0 Å². The topological polar surface area (TPSA) is 58.8 Å². The summed E-state index contributed by atoms with van der Waals surface area (Å²) in [7, 11) is 3.54. The molecule has 1 aliphatic rings. The van der Waals surface area contributed by atoms with Gasteiger partial charge >= 0.3 is 0 Å². The number of carbonyl (C=O) groups is 1. The number of rotatable bonds is 4. The maximum absolute atomic E-state index is 12.4. The summed E-state index contributed by atoms with van der Waals surface area (Å²) in [5, 5.41) is 0. The molecule has 1 heterocycles. The van der Waals surface area contributed by atoms with Crippen LogP contribution in [0.25, 0.3) is 0 Å². The fourth-order valence-electron chi connectivity index (χ4n) is 2.69. The van der Waals surface area contributed by atoms with Crippen molar-refractivity contribution in [1.29, 1.82) is 0 Å². The van der Waals surface area contributed by atoms with Crippen LogP contribution in [-0.2, 0) is 9.53 Å². The molecule has 2 N–H and O–H groups in total. The lowest BCUT2D eigenvalue weighted by Gasteiger charge is -2.36. The molecule has 1 amide bonds. The fraction of sp³-hybridized carbons (Fsp3) is 0.562. The molecular weight excluding hydrogens is 266 g/mol. The molecule has 0 bridgehead atoms. The van der Waals surface area contributed by atoms with Crippen LogP contribution in [0.3, 0.4) is 0 Å². The standard InChI is InChI=1S/C16H25N3O2/c1-12-8-9-19(10-15(12)21-3)11-16(20)18(2)14-6-4-13(17)5-7-14/h4-7,12,15H,8-11,17H2,1-3H3. The maximum Gasteiger partial charge on any atom is 0.240 e. The summed E-state index contributed by atoms with van der Waals surface area (Å²) >= 11 is 0. The molecule has 116 valence electrons. The Morgan fingerprint density at radius 2 is 2.10 bits per heavy atom. The van der Waals surface area contributed by atoms with Gasteiger partial charge < -0.3 is 15.4 Å². The van der Waals surface area contributed by atoms with Crippen LogP contribution in [0.4, 0.5) is 11.4 Å². The monoisotopic (exact) mass is 291 g/mol. The number of carbonyl (C=O) groups excluding carboxylic acids is 1. The minimum absolute atomic E-state index is 0.0872. The number of nitrogen functional groups attached to an aromatic ring is 1. The van der Waals surface area contributed by atoms with Gasteiger partial charge in [0.2, 0.25) is 5.91 Å². The Balaban J connectivity index is 1.93. The zero-order valence-electron chi connectivity index (χ0n) is 13.1. The molecule has 2 atom stereocenters. The second-order valence-corrected chi connectivity index (χ2v) is 5.82. The second-order valence-electron chi connectivity index (χ2n) is 5.82. The summed E-state index contributed by atoms with van der Waals surface area (Å²) in [6.07, 6.45) is 1.28. The number of ether oxygens (including phenoxy) is 1. The van der Waals surface area contributed by atoms with E-state index in [1.54, 1.807) is 19.1 Å². The molecule has 2 rings (SSSR count). The van der Waals surface area contributed by atoms with Gasteiger partial charge in [-0.05, 0) is 43.1 Å². The maximum atomic E-state index is 12.4. The van der Waals surface area contributed by atoms with Gasteiger partial charge in [0.05, 0.1) is 12.6 Å². The van der Waals surface area contributed by atoms with Crippen molar-refractivity contribution in [3.8, 4) is 0 Å². The number of nitrogens with zero attached hydrogens (tertiary/aromatic N) is 2. The molecule has 1 aromatic carbocycles. The third-order valence-corrected chi connectivity index (χ3v) is 4.29. The first-order valence-corrected chi connectivity index (χ1v) is 7.38. The molecule has 2 unspecified atom stereocenters. The molecule has 1 aromatic rings. The Bertz CT molecular complexity index is 475. The van der Waals surface area contributed by atoms with E-state index in [1.807, 2.05) is 24.3 Å². The average molecular weight is 291 g/mol. The number of amides is 1. The van der Waals surface area contributed by atoms with Gasteiger partial charge in [-0.3, -0.25) is 9.69 Å². The van der Waals surface area contributed by atoms with Crippen LogP contribution in [0.1, 0.15) is 13.3 Å². The van der Waals surface area contributed by atoms with E-state index in [1.165, 1.54) is 0 Å². The molecule has 1 fully saturated rings. The summed E-state index contributed by atoms with van der Waals surface area (Å²) < 4.78 is 5.49. The lowest BCUT2D eigenvalue weighted by molar-refractivity contribution is -0.120. The van der Waals surface area contributed by atoms with Crippen LogP contribution < -0.4 is 10.6 Å². The number of anilines is 2. The molecule has 0 aromatic heterocycles. The number of piperidine rings is 1. The predicted molar refractivity (Wildman–Crippen MR) is 85.3 cm³/mol. The molecule has 21 heavy (non-hydrogen) atoms. The van der Waals surface area contributed by atoms with Gasteiger partial charge in [-0.2, -0.15) is 0 Å². The first kappa shape index (κ1) is 15.8. The molecule has 0 aliphatic carbocycles. The van der Waals surface area contributed by atoms with Gasteiger partial charge in [0.1, 0.15) is 0 Å². The van der Waals surface area contributed by atoms with Crippen LogP contribution in [0.15, 0.2) is 24.3 Å². The largest absolute Gasteiger partial charge is 0.399 e. The number of likely N-dealkylation sites (N-methyl/N-ethyl adjacent to an activating group) is 1. The van der Waals surface area contributed by atoms with Crippen LogP contribution in [0.5, 0.6) is 0 Å². The number of methoxy groups -OCH3 is 1. The number of hydrogen-bond acceptors (Lipinski definition) is 4. The van der Waals surface area contributed by atoms with Crippen LogP contribution >= 0.6 is 0 Å². The molecule has 5 heteroatoms. The van der Waals surface area contributed by atoms with E-state index >= 15 is 0 Å². The summed E-state index contributed by atoms with van der Waals surface area (Å²) in [6.45, 7) is 4.39. The Labute approximate surface area is 126 Å². The molecule has 1 aliphatic heterocycles. The molecule has 1 saturated heterocycles. The van der Waals surface area contributed by atoms with Crippen molar-refractivity contribution < 1.29 is 9.53 Å². The Kier molecular flexibility index (Phi) is 5.20. The van der Waals surface area contributed by atoms with E-state index in [0.717, 1.165) is 25.2 Å². The lowest BCUT2D eigenvalue weighted by Crippen LogP contribution is -2.48. The normalized spacial score (nSPS) is 23.0. The SMILES string of the molecule is COC1CN(CC(=O)N(C)c2ccc(N)cc2)CCC1C. The Hall–Kier alpha value is -1.59. The zero-order chi connectivity index (χ0) is 15.4. The second kappa shape index (κ2) is 6.91. The molecule has 5 nitrogen and oxygen atoms in total. The molecule has 0 saturated carbocycles. The summed E-state index contributed by atoms with van der Waals surface area (Å²) in [4.78, 5) is 16.2. The summed E-state index contributed by atoms with van der Waals surface area (Å²) in [5.74, 6) is 0.639. The van der Waals surface area contributed by atoms with Gasteiger partial charge in [-0.25, -0.2) is 0 Å². The number of likely N-dealkylation sites (tertiary alicyclic amines) is 1. The average Bonchev–Trinajstić information content (AvgIpc) is 2.49. The van der Waals surface area contributed by atoms with Gasteiger partial charge in [0.25, 0.3) is 0 Å². The van der Waals surface area contributed by atoms with Gasteiger partial charge in [-0.1, -0.05) is 6.92 Å². The number of benzene rings is 1. The highest BCUT2D eigenvalue weighted by molar-refractivity contribution is 5.94. The third kappa shape index (κ3) is 3.95. The van der Waals surface area contributed by atoms with E-state index < -0.39 is 0 Å². The van der Waals surface area contributed by atoms with Crippen molar-refractivity contribution in [1.82, 2.24) is 4.90 Å². The summed E-state index contributed by atoms with van der Waals surface area (Å²) in [6, 6.07) is 7.35. The lowest BCUT2D eigenvalue weighted by atomic mass is 9.96. The van der Waals surface area contributed by atoms with Crippen molar-refractivity contribution in [2.75, 3.05) is 44.4 Å². The van der Waals surface area contributed by atoms with Crippen LogP contribution in [0.2, 0.25) is 0 Å². The van der Waals surface area contributed by atoms with E-state index in [0.29, 0.717) is 18.2 Å². The Morgan fingerprint density at radius 1 is 1.43 bits per heavy atom. The van der Waals surface area contributed by atoms with E-state index in [-0.39, 0.29) is 12.0 Å². The smallest absolute Gasteiger partial charge is 0.240 e. The van der Waals surface area contributed by atoms with E-state index in [4.69, 9.17) is 10.5 Å². The highest BCUT2D eigenvalue weighted by Gasteiger charge is 2.27. The summed E-state index contributed by atoms with van der Waals surface area (Å²) in [5.41, 5.74) is 7.24. The highest BCUT2D eigenvalue weighted by atomic mass is 16.5. The van der Waals surface area contributed by atoms with Crippen LogP contribution in [-0.4, -0.2) is 50.7 Å². The first-order chi connectivity index (χ1) is 10.0.